The van der Waals surface area contributed by atoms with Crippen LogP contribution in [0, 0.1) is 0 Å². The first-order valence-corrected chi connectivity index (χ1v) is 6.47. The van der Waals surface area contributed by atoms with E-state index in [1.165, 1.54) is 0 Å². The lowest BCUT2D eigenvalue weighted by atomic mass is 10.1. The molecule has 2 atom stereocenters. The predicted molar refractivity (Wildman–Crippen MR) is 49.1 cm³/mol. The van der Waals surface area contributed by atoms with Crippen LogP contribution in [-0.4, -0.2) is 44.2 Å². The smallest absolute Gasteiger partial charge is 0.264 e. The SMILES string of the molecule is CS(=O)(=O)O[C@@H]1CC(=O)N2CCC[C@@H]12. The number of nitrogens with zero attached hydrogens (tertiary/aromatic N) is 1. The molecule has 5 nitrogen and oxygen atoms in total. The summed E-state index contributed by atoms with van der Waals surface area (Å²) >= 11 is 0. The second-order valence-corrected chi connectivity index (χ2v) is 5.44. The summed E-state index contributed by atoms with van der Waals surface area (Å²) in [5.74, 6) is 0.0150. The van der Waals surface area contributed by atoms with E-state index >= 15 is 0 Å². The molecule has 0 saturated carbocycles. The van der Waals surface area contributed by atoms with Gasteiger partial charge < -0.3 is 4.90 Å². The zero-order valence-electron chi connectivity index (χ0n) is 7.97. The molecule has 0 bridgehead atoms. The molecular formula is C8H13NO4S. The molecule has 2 rings (SSSR count). The van der Waals surface area contributed by atoms with Crippen molar-refractivity contribution in [3.05, 3.63) is 0 Å². The molecule has 2 aliphatic heterocycles. The van der Waals surface area contributed by atoms with Gasteiger partial charge in [0.25, 0.3) is 10.1 Å². The van der Waals surface area contributed by atoms with Crippen LogP contribution >= 0.6 is 0 Å². The number of amides is 1. The second-order valence-electron chi connectivity index (χ2n) is 3.84. The first kappa shape index (κ1) is 9.92. The normalized spacial score (nSPS) is 32.4. The summed E-state index contributed by atoms with van der Waals surface area (Å²) in [6, 6.07) is -0.0165. The van der Waals surface area contributed by atoms with Gasteiger partial charge in [0, 0.05) is 6.54 Å². The van der Waals surface area contributed by atoms with Gasteiger partial charge >= 0.3 is 0 Å². The summed E-state index contributed by atoms with van der Waals surface area (Å²) in [7, 11) is -3.45. The quantitative estimate of drug-likeness (QED) is 0.599. The van der Waals surface area contributed by atoms with Crippen molar-refractivity contribution in [2.45, 2.75) is 31.4 Å². The van der Waals surface area contributed by atoms with Crippen LogP contribution in [0.15, 0.2) is 0 Å². The highest BCUT2D eigenvalue weighted by Crippen LogP contribution is 2.31. The number of carbonyl (C=O) groups is 1. The van der Waals surface area contributed by atoms with E-state index < -0.39 is 16.2 Å². The van der Waals surface area contributed by atoms with Crippen molar-refractivity contribution >= 4 is 16.0 Å². The largest absolute Gasteiger partial charge is 0.337 e. The lowest BCUT2D eigenvalue weighted by Crippen LogP contribution is -2.32. The van der Waals surface area contributed by atoms with Crippen LogP contribution in [0.1, 0.15) is 19.3 Å². The highest BCUT2D eigenvalue weighted by Gasteiger charge is 2.44. The second kappa shape index (κ2) is 3.20. The van der Waals surface area contributed by atoms with Gasteiger partial charge in [-0.15, -0.1) is 0 Å². The summed E-state index contributed by atoms with van der Waals surface area (Å²) in [5.41, 5.74) is 0. The maximum Gasteiger partial charge on any atom is 0.264 e. The van der Waals surface area contributed by atoms with Crippen LogP contribution in [-0.2, 0) is 19.1 Å². The van der Waals surface area contributed by atoms with Crippen molar-refractivity contribution in [3.8, 4) is 0 Å². The fourth-order valence-electron chi connectivity index (χ4n) is 2.24. The molecule has 0 aromatic rings. The van der Waals surface area contributed by atoms with E-state index in [0.29, 0.717) is 0 Å². The van der Waals surface area contributed by atoms with Crippen LogP contribution in [0.4, 0.5) is 0 Å². The molecule has 0 aromatic carbocycles. The molecule has 2 saturated heterocycles. The molecular weight excluding hydrogens is 206 g/mol. The Kier molecular flexibility index (Phi) is 2.27. The van der Waals surface area contributed by atoms with Crippen molar-refractivity contribution in [2.24, 2.45) is 0 Å². The van der Waals surface area contributed by atoms with Crippen molar-refractivity contribution in [1.82, 2.24) is 4.90 Å². The van der Waals surface area contributed by atoms with E-state index in [9.17, 15) is 13.2 Å². The molecule has 14 heavy (non-hydrogen) atoms. The van der Waals surface area contributed by atoms with E-state index in [-0.39, 0.29) is 18.4 Å². The lowest BCUT2D eigenvalue weighted by Gasteiger charge is -2.18. The fraction of sp³-hybridized carbons (Fsp3) is 0.875. The maximum absolute atomic E-state index is 11.4. The Morgan fingerprint density at radius 3 is 2.86 bits per heavy atom. The molecule has 0 radical (unpaired) electrons. The molecule has 0 unspecified atom stereocenters. The fourth-order valence-corrected chi connectivity index (χ4v) is 2.88. The molecule has 0 N–H and O–H groups in total. The Morgan fingerprint density at radius 1 is 1.50 bits per heavy atom. The van der Waals surface area contributed by atoms with Crippen LogP contribution < -0.4 is 0 Å². The first-order chi connectivity index (χ1) is 6.47. The van der Waals surface area contributed by atoms with E-state index in [1.54, 1.807) is 4.90 Å². The third-order valence-electron chi connectivity index (χ3n) is 2.72. The third kappa shape index (κ3) is 1.76. The van der Waals surface area contributed by atoms with Crippen LogP contribution in [0.25, 0.3) is 0 Å². The van der Waals surface area contributed by atoms with Gasteiger partial charge in [0.05, 0.1) is 18.7 Å². The van der Waals surface area contributed by atoms with E-state index in [4.69, 9.17) is 4.18 Å². The Labute approximate surface area is 83.2 Å². The average molecular weight is 219 g/mol. The van der Waals surface area contributed by atoms with E-state index in [1.807, 2.05) is 0 Å². The van der Waals surface area contributed by atoms with E-state index in [2.05, 4.69) is 0 Å². The minimum Gasteiger partial charge on any atom is -0.337 e. The molecule has 0 aromatic heterocycles. The van der Waals surface area contributed by atoms with Gasteiger partial charge in [0.15, 0.2) is 0 Å². The van der Waals surface area contributed by atoms with Crippen LogP contribution in [0.3, 0.4) is 0 Å². The third-order valence-corrected chi connectivity index (χ3v) is 3.32. The molecule has 1 amide bonds. The minimum absolute atomic E-state index is 0.0150. The lowest BCUT2D eigenvalue weighted by molar-refractivity contribution is -0.127. The number of carbonyl (C=O) groups excluding carboxylic acids is 1. The molecule has 2 aliphatic rings. The standard InChI is InChI=1S/C8H13NO4S/c1-14(11,12)13-7-5-8(10)9-4-2-3-6(7)9/h6-7H,2-5H2,1H3/t6-,7+/m0/s1. The molecule has 2 fully saturated rings. The maximum atomic E-state index is 11.4. The Balaban J connectivity index is 2.11. The first-order valence-electron chi connectivity index (χ1n) is 4.65. The number of hydrogen-bond acceptors (Lipinski definition) is 4. The van der Waals surface area contributed by atoms with Gasteiger partial charge in [-0.05, 0) is 12.8 Å². The monoisotopic (exact) mass is 219 g/mol. The Bertz CT molecular complexity index is 350. The molecule has 6 heteroatoms. The Morgan fingerprint density at radius 2 is 2.21 bits per heavy atom. The molecule has 0 aliphatic carbocycles. The van der Waals surface area contributed by atoms with Gasteiger partial charge in [0.2, 0.25) is 5.91 Å². The number of hydrogen-bond donors (Lipinski definition) is 0. The van der Waals surface area contributed by atoms with Gasteiger partial charge in [-0.3, -0.25) is 8.98 Å². The van der Waals surface area contributed by atoms with Crippen LogP contribution in [0.2, 0.25) is 0 Å². The predicted octanol–water partition coefficient (Wildman–Crippen LogP) is -0.274. The van der Waals surface area contributed by atoms with Gasteiger partial charge in [0.1, 0.15) is 6.10 Å². The molecule has 2 heterocycles. The van der Waals surface area contributed by atoms with Crippen molar-refractivity contribution in [3.63, 3.8) is 0 Å². The molecule has 80 valence electrons. The number of rotatable bonds is 2. The summed E-state index contributed by atoms with van der Waals surface area (Å²) in [5, 5.41) is 0. The summed E-state index contributed by atoms with van der Waals surface area (Å²) in [6.07, 6.45) is 2.57. The van der Waals surface area contributed by atoms with E-state index in [0.717, 1.165) is 25.6 Å². The number of fused-ring (bicyclic) bond motifs is 1. The summed E-state index contributed by atoms with van der Waals surface area (Å²) < 4.78 is 26.8. The summed E-state index contributed by atoms with van der Waals surface area (Å²) in [4.78, 5) is 13.1. The van der Waals surface area contributed by atoms with Gasteiger partial charge in [-0.2, -0.15) is 8.42 Å². The zero-order chi connectivity index (χ0) is 10.3. The minimum atomic E-state index is -3.45. The van der Waals surface area contributed by atoms with Gasteiger partial charge in [-0.1, -0.05) is 0 Å². The van der Waals surface area contributed by atoms with Crippen LogP contribution in [0.5, 0.6) is 0 Å². The van der Waals surface area contributed by atoms with Crippen molar-refractivity contribution in [1.29, 1.82) is 0 Å². The average Bonchev–Trinajstić information content (AvgIpc) is 2.54. The van der Waals surface area contributed by atoms with Crippen molar-refractivity contribution < 1.29 is 17.4 Å². The molecule has 0 spiro atoms. The van der Waals surface area contributed by atoms with Gasteiger partial charge in [-0.25, -0.2) is 0 Å². The summed E-state index contributed by atoms with van der Waals surface area (Å²) in [6.45, 7) is 0.743. The highest BCUT2D eigenvalue weighted by atomic mass is 32.2. The van der Waals surface area contributed by atoms with Crippen molar-refractivity contribution in [2.75, 3.05) is 12.8 Å². The topological polar surface area (TPSA) is 63.7 Å². The Hall–Kier alpha value is -0.620. The zero-order valence-corrected chi connectivity index (χ0v) is 8.79. The highest BCUT2D eigenvalue weighted by molar-refractivity contribution is 7.86.